The van der Waals surface area contributed by atoms with Crippen molar-refractivity contribution in [2.24, 2.45) is 0 Å². The minimum Gasteiger partial charge on any atom is -0.495 e. The molecule has 1 aliphatic carbocycles. The normalized spacial score (nSPS) is 18.2. The van der Waals surface area contributed by atoms with Crippen LogP contribution in [-0.2, 0) is 10.0 Å². The van der Waals surface area contributed by atoms with E-state index >= 15 is 0 Å². The molecule has 1 atom stereocenters. The van der Waals surface area contributed by atoms with Crippen LogP contribution in [0.5, 0.6) is 17.2 Å². The number of ether oxygens (including phenoxy) is 3. The lowest BCUT2D eigenvalue weighted by Gasteiger charge is -2.26. The summed E-state index contributed by atoms with van der Waals surface area (Å²) in [6.07, 6.45) is 1.29. The van der Waals surface area contributed by atoms with E-state index in [-0.39, 0.29) is 34.9 Å². The van der Waals surface area contributed by atoms with Gasteiger partial charge < -0.3 is 19.5 Å². The Labute approximate surface area is 169 Å². The number of amides is 1. The number of nitrogens with one attached hydrogen (secondary N) is 2. The fourth-order valence-corrected chi connectivity index (χ4v) is 4.48. The van der Waals surface area contributed by atoms with E-state index in [4.69, 9.17) is 14.2 Å². The summed E-state index contributed by atoms with van der Waals surface area (Å²) in [5.74, 6) is 1.08. The Balaban J connectivity index is 1.44. The fourth-order valence-electron chi connectivity index (χ4n) is 2.98. The summed E-state index contributed by atoms with van der Waals surface area (Å²) in [6.45, 7) is 0.534. The minimum atomic E-state index is -3.76. The third-order valence-electron chi connectivity index (χ3n) is 4.67. The van der Waals surface area contributed by atoms with Crippen molar-refractivity contribution in [3.63, 3.8) is 0 Å². The molecular weight excluding hydrogens is 396 g/mol. The van der Waals surface area contributed by atoms with Gasteiger partial charge in [0.05, 0.1) is 13.7 Å². The lowest BCUT2D eigenvalue weighted by Crippen LogP contribution is -2.40. The molecule has 4 rings (SSSR count). The number of carbonyl (C=O) groups is 1. The van der Waals surface area contributed by atoms with Gasteiger partial charge in [0, 0.05) is 11.6 Å². The highest BCUT2D eigenvalue weighted by Crippen LogP contribution is 2.31. The first-order chi connectivity index (χ1) is 14.0. The molecule has 9 heteroatoms. The Morgan fingerprint density at radius 1 is 1.17 bits per heavy atom. The maximum atomic E-state index is 12.6. The lowest BCUT2D eigenvalue weighted by atomic mass is 10.2. The highest BCUT2D eigenvalue weighted by Gasteiger charge is 2.30. The maximum absolute atomic E-state index is 12.6. The number of fused-ring (bicyclic) bond motifs is 1. The van der Waals surface area contributed by atoms with Gasteiger partial charge in [0.15, 0.2) is 11.5 Å². The number of rotatable bonds is 7. The molecule has 0 aromatic heterocycles. The molecule has 1 saturated carbocycles. The second-order valence-electron chi connectivity index (χ2n) is 6.97. The highest BCUT2D eigenvalue weighted by molar-refractivity contribution is 7.89. The number of para-hydroxylation sites is 2. The molecule has 154 valence electrons. The van der Waals surface area contributed by atoms with Gasteiger partial charge in [-0.2, -0.15) is 0 Å². The van der Waals surface area contributed by atoms with E-state index in [0.717, 1.165) is 12.8 Å². The average Bonchev–Trinajstić information content (AvgIpc) is 3.54. The van der Waals surface area contributed by atoms with Gasteiger partial charge in [-0.1, -0.05) is 12.1 Å². The molecule has 1 amide bonds. The Morgan fingerprint density at radius 2 is 1.93 bits per heavy atom. The van der Waals surface area contributed by atoms with Crippen LogP contribution < -0.4 is 24.2 Å². The van der Waals surface area contributed by atoms with Crippen LogP contribution >= 0.6 is 0 Å². The van der Waals surface area contributed by atoms with Crippen molar-refractivity contribution < 1.29 is 27.4 Å². The first kappa shape index (κ1) is 19.5. The van der Waals surface area contributed by atoms with Gasteiger partial charge in [-0.25, -0.2) is 13.1 Å². The molecule has 2 N–H and O–H groups in total. The smallest absolute Gasteiger partial charge is 0.251 e. The Morgan fingerprint density at radius 3 is 2.66 bits per heavy atom. The van der Waals surface area contributed by atoms with Crippen molar-refractivity contribution in [1.29, 1.82) is 0 Å². The highest BCUT2D eigenvalue weighted by atomic mass is 32.2. The van der Waals surface area contributed by atoms with Crippen LogP contribution in [0.2, 0.25) is 0 Å². The molecular formula is C20H22N2O6S. The number of carbonyl (C=O) groups excluding carboxylic acids is 1. The van der Waals surface area contributed by atoms with Crippen molar-refractivity contribution in [3.05, 3.63) is 48.0 Å². The Hall–Kier alpha value is -2.78. The summed E-state index contributed by atoms with van der Waals surface area (Å²) in [5, 5.41) is 2.77. The van der Waals surface area contributed by atoms with E-state index in [1.54, 1.807) is 6.07 Å². The molecule has 29 heavy (non-hydrogen) atoms. The molecule has 1 fully saturated rings. The van der Waals surface area contributed by atoms with Gasteiger partial charge in [-0.05, 0) is 43.2 Å². The van der Waals surface area contributed by atoms with E-state index in [0.29, 0.717) is 18.1 Å². The monoisotopic (exact) mass is 418 g/mol. The molecule has 2 aromatic rings. The maximum Gasteiger partial charge on any atom is 0.251 e. The van der Waals surface area contributed by atoms with Crippen molar-refractivity contribution >= 4 is 15.9 Å². The first-order valence-corrected chi connectivity index (χ1v) is 10.8. The summed E-state index contributed by atoms with van der Waals surface area (Å²) in [4.78, 5) is 12.5. The van der Waals surface area contributed by atoms with Gasteiger partial charge in [-0.15, -0.1) is 0 Å². The average molecular weight is 418 g/mol. The van der Waals surface area contributed by atoms with E-state index in [1.807, 2.05) is 18.2 Å². The number of hydrogen-bond acceptors (Lipinski definition) is 6. The minimum absolute atomic E-state index is 0.0477. The van der Waals surface area contributed by atoms with Crippen LogP contribution in [0.15, 0.2) is 47.4 Å². The zero-order chi connectivity index (χ0) is 20.4. The van der Waals surface area contributed by atoms with Gasteiger partial charge in [0.1, 0.15) is 23.4 Å². The standard InChI is InChI=1S/C20H22N2O6S/c1-26-18-9-6-13(10-19(18)29(24,25)22-14-7-8-14)20(23)21-11-15-12-27-16-4-2-3-5-17(16)28-15/h2-6,9-10,14-15,22H,7-8,11-12H2,1H3,(H,21,23)/t15-/m1/s1. The van der Waals surface area contributed by atoms with Crippen molar-refractivity contribution in [3.8, 4) is 17.2 Å². The van der Waals surface area contributed by atoms with Gasteiger partial charge >= 0.3 is 0 Å². The summed E-state index contributed by atoms with van der Waals surface area (Å²) in [7, 11) is -2.37. The third-order valence-corrected chi connectivity index (χ3v) is 6.21. The van der Waals surface area contributed by atoms with Crippen LogP contribution in [0, 0.1) is 0 Å². The molecule has 8 nitrogen and oxygen atoms in total. The van der Waals surface area contributed by atoms with E-state index in [2.05, 4.69) is 10.0 Å². The first-order valence-electron chi connectivity index (χ1n) is 9.33. The molecule has 0 bridgehead atoms. The quantitative estimate of drug-likeness (QED) is 0.710. The summed E-state index contributed by atoms with van der Waals surface area (Å²) < 4.78 is 44.4. The van der Waals surface area contributed by atoms with Crippen molar-refractivity contribution in [1.82, 2.24) is 10.0 Å². The lowest BCUT2D eigenvalue weighted by molar-refractivity contribution is 0.0789. The van der Waals surface area contributed by atoms with E-state index in [9.17, 15) is 13.2 Å². The summed E-state index contributed by atoms with van der Waals surface area (Å²) >= 11 is 0. The molecule has 0 unspecified atom stereocenters. The summed E-state index contributed by atoms with van der Waals surface area (Å²) in [6, 6.07) is 11.6. The van der Waals surface area contributed by atoms with Gasteiger partial charge in [0.2, 0.25) is 10.0 Å². The van der Waals surface area contributed by atoms with E-state index < -0.39 is 15.9 Å². The summed E-state index contributed by atoms with van der Waals surface area (Å²) in [5.41, 5.74) is 0.221. The SMILES string of the molecule is COc1ccc(C(=O)NC[C@@H]2COc3ccccc3O2)cc1S(=O)(=O)NC1CC1. The van der Waals surface area contributed by atoms with Gasteiger partial charge in [-0.3, -0.25) is 4.79 Å². The Kier molecular flexibility index (Phi) is 5.33. The van der Waals surface area contributed by atoms with Crippen LogP contribution in [0.3, 0.4) is 0 Å². The number of sulfonamides is 1. The number of hydrogen-bond donors (Lipinski definition) is 2. The van der Waals surface area contributed by atoms with Crippen LogP contribution in [0.4, 0.5) is 0 Å². The van der Waals surface area contributed by atoms with Crippen molar-refractivity contribution in [2.45, 2.75) is 29.9 Å². The zero-order valence-electron chi connectivity index (χ0n) is 15.9. The predicted molar refractivity (Wildman–Crippen MR) is 105 cm³/mol. The molecule has 2 aromatic carbocycles. The van der Waals surface area contributed by atoms with Crippen molar-refractivity contribution in [2.75, 3.05) is 20.3 Å². The zero-order valence-corrected chi connectivity index (χ0v) is 16.7. The molecule has 0 saturated heterocycles. The van der Waals surface area contributed by atoms with Crippen LogP contribution in [-0.4, -0.2) is 46.7 Å². The molecule has 0 radical (unpaired) electrons. The largest absolute Gasteiger partial charge is 0.495 e. The molecule has 1 heterocycles. The Bertz CT molecular complexity index is 1020. The molecule has 0 spiro atoms. The van der Waals surface area contributed by atoms with Gasteiger partial charge in [0.25, 0.3) is 5.91 Å². The topological polar surface area (TPSA) is 103 Å². The van der Waals surface area contributed by atoms with Crippen LogP contribution in [0.1, 0.15) is 23.2 Å². The second-order valence-corrected chi connectivity index (χ2v) is 8.65. The number of benzene rings is 2. The third kappa shape index (κ3) is 4.46. The predicted octanol–water partition coefficient (Wildman–Crippen LogP) is 1.71. The molecule has 1 aliphatic heterocycles. The molecule has 2 aliphatic rings. The number of methoxy groups -OCH3 is 1. The second kappa shape index (κ2) is 7.92. The van der Waals surface area contributed by atoms with E-state index in [1.165, 1.54) is 25.3 Å². The fraction of sp³-hybridized carbons (Fsp3) is 0.350. The van der Waals surface area contributed by atoms with Crippen LogP contribution in [0.25, 0.3) is 0 Å².